The van der Waals surface area contributed by atoms with Crippen molar-refractivity contribution in [3.8, 4) is 11.1 Å². The van der Waals surface area contributed by atoms with Crippen LogP contribution in [0, 0.1) is 0 Å². The van der Waals surface area contributed by atoms with Gasteiger partial charge in [-0.3, -0.25) is 0 Å². The van der Waals surface area contributed by atoms with Crippen molar-refractivity contribution in [3.05, 3.63) is 58.7 Å². The third kappa shape index (κ3) is 2.30. The molecule has 1 unspecified atom stereocenters. The summed E-state index contributed by atoms with van der Waals surface area (Å²) in [6.45, 7) is 3.24. The van der Waals surface area contributed by atoms with Crippen molar-refractivity contribution < 1.29 is 0 Å². The zero-order valence-electron chi connectivity index (χ0n) is 12.8. The van der Waals surface area contributed by atoms with Crippen molar-refractivity contribution in [3.63, 3.8) is 0 Å². The number of benzene rings is 2. The lowest BCUT2D eigenvalue weighted by molar-refractivity contribution is 0.549. The molecule has 0 aliphatic heterocycles. The van der Waals surface area contributed by atoms with E-state index < -0.39 is 0 Å². The first kappa shape index (κ1) is 13.1. The van der Waals surface area contributed by atoms with E-state index in [1.807, 2.05) is 0 Å². The van der Waals surface area contributed by atoms with Crippen LogP contribution in [0.5, 0.6) is 0 Å². The predicted octanol–water partition coefficient (Wildman–Crippen LogP) is 4.44. The molecule has 2 aliphatic carbocycles. The molecule has 0 bridgehead atoms. The Balaban J connectivity index is 1.68. The van der Waals surface area contributed by atoms with Gasteiger partial charge in [0.25, 0.3) is 0 Å². The zero-order chi connectivity index (χ0) is 14.2. The predicted molar refractivity (Wildman–Crippen MR) is 88.6 cm³/mol. The van der Waals surface area contributed by atoms with E-state index in [4.69, 9.17) is 0 Å². The van der Waals surface area contributed by atoms with Crippen LogP contribution in [0.1, 0.15) is 48.1 Å². The molecule has 4 rings (SSSR count). The third-order valence-corrected chi connectivity index (χ3v) is 5.10. The van der Waals surface area contributed by atoms with Crippen LogP contribution in [-0.4, -0.2) is 6.54 Å². The minimum atomic E-state index is 0.569. The standard InChI is InChI=1S/C20H23N/c1-2-21-20-11-9-18-13-17(8-10-19(18)20)16-7-6-14-4-3-5-15(14)12-16/h6-8,10,12-13,20-21H,2-5,9,11H2,1H3. The van der Waals surface area contributed by atoms with Crippen LogP contribution in [0.4, 0.5) is 0 Å². The normalized spacial score (nSPS) is 19.6. The van der Waals surface area contributed by atoms with Crippen molar-refractivity contribution in [2.75, 3.05) is 6.54 Å². The third-order valence-electron chi connectivity index (χ3n) is 5.10. The molecule has 0 spiro atoms. The number of nitrogens with one attached hydrogen (secondary N) is 1. The van der Waals surface area contributed by atoms with Gasteiger partial charge in [-0.05, 0) is 72.0 Å². The molecule has 2 aromatic rings. The van der Waals surface area contributed by atoms with E-state index in [1.165, 1.54) is 48.8 Å². The monoisotopic (exact) mass is 277 g/mol. The van der Waals surface area contributed by atoms with E-state index in [-0.39, 0.29) is 0 Å². The Bertz CT molecular complexity index is 672. The fourth-order valence-electron chi connectivity index (χ4n) is 4.01. The summed E-state index contributed by atoms with van der Waals surface area (Å²) in [5.41, 5.74) is 8.97. The van der Waals surface area contributed by atoms with E-state index in [1.54, 1.807) is 16.7 Å². The second-order valence-electron chi connectivity index (χ2n) is 6.40. The Kier molecular flexibility index (Phi) is 3.31. The Morgan fingerprint density at radius 3 is 2.52 bits per heavy atom. The van der Waals surface area contributed by atoms with E-state index in [9.17, 15) is 0 Å². The molecule has 1 N–H and O–H groups in total. The highest BCUT2D eigenvalue weighted by atomic mass is 14.9. The second-order valence-corrected chi connectivity index (χ2v) is 6.40. The second kappa shape index (κ2) is 5.31. The largest absolute Gasteiger partial charge is 0.310 e. The summed E-state index contributed by atoms with van der Waals surface area (Å²) < 4.78 is 0. The first-order chi connectivity index (χ1) is 10.3. The molecule has 1 nitrogen and oxygen atoms in total. The van der Waals surface area contributed by atoms with Crippen LogP contribution in [0.3, 0.4) is 0 Å². The Labute approximate surface area is 127 Å². The van der Waals surface area contributed by atoms with Gasteiger partial charge >= 0.3 is 0 Å². The maximum atomic E-state index is 3.59. The molecule has 1 atom stereocenters. The van der Waals surface area contributed by atoms with Crippen LogP contribution in [0.2, 0.25) is 0 Å². The maximum Gasteiger partial charge on any atom is 0.0326 e. The fraction of sp³-hybridized carbons (Fsp3) is 0.400. The molecule has 2 aliphatic rings. The highest BCUT2D eigenvalue weighted by Crippen LogP contribution is 2.35. The van der Waals surface area contributed by atoms with Gasteiger partial charge < -0.3 is 5.32 Å². The van der Waals surface area contributed by atoms with E-state index in [0.717, 1.165) is 6.54 Å². The quantitative estimate of drug-likeness (QED) is 0.874. The summed E-state index contributed by atoms with van der Waals surface area (Å²) in [7, 11) is 0. The number of aryl methyl sites for hydroxylation is 3. The van der Waals surface area contributed by atoms with Gasteiger partial charge in [-0.2, -0.15) is 0 Å². The Morgan fingerprint density at radius 1 is 0.905 bits per heavy atom. The average Bonchev–Trinajstić information content (AvgIpc) is 3.13. The molecule has 0 aromatic heterocycles. The highest BCUT2D eigenvalue weighted by Gasteiger charge is 2.22. The van der Waals surface area contributed by atoms with Crippen LogP contribution in [0.15, 0.2) is 36.4 Å². The molecule has 0 amide bonds. The van der Waals surface area contributed by atoms with Crippen molar-refractivity contribution in [2.24, 2.45) is 0 Å². The highest BCUT2D eigenvalue weighted by molar-refractivity contribution is 5.67. The lowest BCUT2D eigenvalue weighted by Crippen LogP contribution is -2.18. The average molecular weight is 277 g/mol. The fourth-order valence-corrected chi connectivity index (χ4v) is 4.01. The van der Waals surface area contributed by atoms with Crippen LogP contribution in [0.25, 0.3) is 11.1 Å². The van der Waals surface area contributed by atoms with Crippen LogP contribution in [-0.2, 0) is 19.3 Å². The van der Waals surface area contributed by atoms with Gasteiger partial charge in [-0.15, -0.1) is 0 Å². The SMILES string of the molecule is CCNC1CCc2cc(-c3ccc4c(c3)CCC4)ccc21. The summed E-state index contributed by atoms with van der Waals surface area (Å²) in [5.74, 6) is 0. The van der Waals surface area contributed by atoms with Crippen LogP contribution < -0.4 is 5.32 Å². The maximum absolute atomic E-state index is 3.59. The lowest BCUT2D eigenvalue weighted by atomic mass is 9.97. The molecular weight excluding hydrogens is 254 g/mol. The number of hydrogen-bond acceptors (Lipinski definition) is 1. The number of hydrogen-bond donors (Lipinski definition) is 1. The molecule has 0 saturated carbocycles. The van der Waals surface area contributed by atoms with E-state index in [0.29, 0.717) is 6.04 Å². The minimum Gasteiger partial charge on any atom is -0.310 e. The molecule has 1 heteroatoms. The van der Waals surface area contributed by atoms with Crippen molar-refractivity contribution in [1.82, 2.24) is 5.32 Å². The lowest BCUT2D eigenvalue weighted by Gasteiger charge is -2.13. The topological polar surface area (TPSA) is 12.0 Å². The Hall–Kier alpha value is -1.60. The van der Waals surface area contributed by atoms with Crippen molar-refractivity contribution in [1.29, 1.82) is 0 Å². The smallest absolute Gasteiger partial charge is 0.0326 e. The van der Waals surface area contributed by atoms with Crippen molar-refractivity contribution >= 4 is 0 Å². The van der Waals surface area contributed by atoms with Gasteiger partial charge in [0.1, 0.15) is 0 Å². The van der Waals surface area contributed by atoms with Gasteiger partial charge in [0.15, 0.2) is 0 Å². The summed E-state index contributed by atoms with van der Waals surface area (Å²) in [4.78, 5) is 0. The first-order valence-corrected chi connectivity index (χ1v) is 8.33. The summed E-state index contributed by atoms with van der Waals surface area (Å²) in [6.07, 6.45) is 6.32. The molecule has 0 heterocycles. The van der Waals surface area contributed by atoms with E-state index in [2.05, 4.69) is 48.6 Å². The molecule has 2 aromatic carbocycles. The molecular formula is C20H23N. The van der Waals surface area contributed by atoms with Gasteiger partial charge in [-0.1, -0.05) is 43.3 Å². The summed E-state index contributed by atoms with van der Waals surface area (Å²) in [6, 6.07) is 14.7. The molecule has 108 valence electrons. The minimum absolute atomic E-state index is 0.569. The zero-order valence-corrected chi connectivity index (χ0v) is 12.8. The first-order valence-electron chi connectivity index (χ1n) is 8.33. The van der Waals surface area contributed by atoms with Gasteiger partial charge in [0.2, 0.25) is 0 Å². The molecule has 21 heavy (non-hydrogen) atoms. The molecule has 0 saturated heterocycles. The van der Waals surface area contributed by atoms with Crippen LogP contribution >= 0.6 is 0 Å². The Morgan fingerprint density at radius 2 is 1.67 bits per heavy atom. The van der Waals surface area contributed by atoms with Crippen molar-refractivity contribution in [2.45, 2.75) is 45.1 Å². The number of rotatable bonds is 3. The number of fused-ring (bicyclic) bond motifs is 2. The van der Waals surface area contributed by atoms with Gasteiger partial charge in [-0.25, -0.2) is 0 Å². The van der Waals surface area contributed by atoms with Gasteiger partial charge in [0, 0.05) is 6.04 Å². The molecule has 0 fully saturated rings. The summed E-state index contributed by atoms with van der Waals surface area (Å²) >= 11 is 0. The van der Waals surface area contributed by atoms with E-state index >= 15 is 0 Å². The van der Waals surface area contributed by atoms with Gasteiger partial charge in [0.05, 0.1) is 0 Å². The molecule has 0 radical (unpaired) electrons. The summed E-state index contributed by atoms with van der Waals surface area (Å²) in [5, 5.41) is 3.59.